The Balaban J connectivity index is 1.70. The summed E-state index contributed by atoms with van der Waals surface area (Å²) in [7, 11) is 0. The maximum Gasteiger partial charge on any atom is 0.0924 e. The Morgan fingerprint density at radius 1 is 1.10 bits per heavy atom. The quantitative estimate of drug-likeness (QED) is 0.776. The van der Waals surface area contributed by atoms with Crippen LogP contribution in [0, 0.1) is 0 Å². The van der Waals surface area contributed by atoms with Crippen molar-refractivity contribution in [3.63, 3.8) is 0 Å². The molecule has 1 aliphatic heterocycles. The fourth-order valence-corrected chi connectivity index (χ4v) is 2.55. The van der Waals surface area contributed by atoms with Crippen molar-refractivity contribution in [2.45, 2.75) is 0 Å². The fourth-order valence-electron chi connectivity index (χ4n) is 2.55. The van der Waals surface area contributed by atoms with Crippen LogP contribution >= 0.6 is 0 Å². The van der Waals surface area contributed by atoms with E-state index in [0.717, 1.165) is 48.6 Å². The first-order valence-electron chi connectivity index (χ1n) is 6.99. The number of ether oxygens (including phenoxy) is 1. The molecular weight excluding hydrogens is 266 g/mol. The van der Waals surface area contributed by atoms with Crippen LogP contribution in [0.4, 0.5) is 5.69 Å². The van der Waals surface area contributed by atoms with Crippen molar-refractivity contribution in [1.29, 1.82) is 0 Å². The van der Waals surface area contributed by atoms with Crippen LogP contribution in [0.3, 0.4) is 0 Å². The van der Waals surface area contributed by atoms with E-state index in [9.17, 15) is 0 Å². The second-order valence-electron chi connectivity index (χ2n) is 5.01. The van der Waals surface area contributed by atoms with Gasteiger partial charge in [-0.05, 0) is 18.2 Å². The van der Waals surface area contributed by atoms with Gasteiger partial charge in [0.15, 0.2) is 0 Å². The van der Waals surface area contributed by atoms with E-state index in [4.69, 9.17) is 4.74 Å². The monoisotopic (exact) mass is 281 g/mol. The zero-order valence-corrected chi connectivity index (χ0v) is 11.5. The van der Waals surface area contributed by atoms with Crippen LogP contribution in [0.15, 0.2) is 36.8 Å². The van der Waals surface area contributed by atoms with Crippen LogP contribution in [0.25, 0.3) is 22.3 Å². The number of hydrogen-bond acceptors (Lipinski definition) is 5. The lowest BCUT2D eigenvalue weighted by Crippen LogP contribution is -2.36. The van der Waals surface area contributed by atoms with Crippen LogP contribution in [0.1, 0.15) is 0 Å². The Kier molecular flexibility index (Phi) is 3.01. The first-order chi connectivity index (χ1) is 10.4. The summed E-state index contributed by atoms with van der Waals surface area (Å²) < 4.78 is 5.39. The molecule has 1 aliphatic rings. The molecule has 1 fully saturated rings. The number of aromatic nitrogens is 4. The van der Waals surface area contributed by atoms with Gasteiger partial charge in [-0.15, -0.1) is 0 Å². The molecule has 0 saturated carbocycles. The van der Waals surface area contributed by atoms with Gasteiger partial charge in [0.25, 0.3) is 0 Å². The minimum Gasteiger partial charge on any atom is -0.378 e. The minimum atomic E-state index is 0.781. The summed E-state index contributed by atoms with van der Waals surface area (Å²) in [5, 5.41) is 6.73. The molecule has 21 heavy (non-hydrogen) atoms. The Labute approximate surface area is 121 Å². The number of benzene rings is 1. The normalized spacial score (nSPS) is 15.5. The molecule has 3 heterocycles. The third kappa shape index (κ3) is 2.34. The van der Waals surface area contributed by atoms with Crippen molar-refractivity contribution in [1.82, 2.24) is 20.2 Å². The zero-order chi connectivity index (χ0) is 14.1. The lowest BCUT2D eigenvalue weighted by atomic mass is 10.2. The number of nitrogens with zero attached hydrogens (tertiary/aromatic N) is 4. The second-order valence-corrected chi connectivity index (χ2v) is 5.01. The van der Waals surface area contributed by atoms with E-state index in [1.54, 1.807) is 12.4 Å². The number of hydrogen-bond donors (Lipinski definition) is 1. The van der Waals surface area contributed by atoms with E-state index < -0.39 is 0 Å². The number of fused-ring (bicyclic) bond motifs is 1. The molecule has 3 aromatic rings. The predicted molar refractivity (Wildman–Crippen MR) is 80.2 cm³/mol. The van der Waals surface area contributed by atoms with E-state index >= 15 is 0 Å². The molecule has 0 unspecified atom stereocenters. The SMILES string of the molecule is c1n[nH]cc1-c1cnc2cc(N3CCOCC3)ccc2n1. The van der Waals surface area contributed by atoms with Gasteiger partial charge in [0.05, 0.1) is 42.3 Å². The van der Waals surface area contributed by atoms with Crippen molar-refractivity contribution in [3.8, 4) is 11.3 Å². The van der Waals surface area contributed by atoms with Gasteiger partial charge >= 0.3 is 0 Å². The summed E-state index contributed by atoms with van der Waals surface area (Å²) in [5.41, 5.74) is 4.75. The molecule has 0 amide bonds. The second kappa shape index (κ2) is 5.14. The lowest BCUT2D eigenvalue weighted by molar-refractivity contribution is 0.122. The van der Waals surface area contributed by atoms with Crippen LogP contribution in [-0.2, 0) is 4.74 Å². The summed E-state index contributed by atoms with van der Waals surface area (Å²) >= 11 is 0. The van der Waals surface area contributed by atoms with E-state index in [0.29, 0.717) is 0 Å². The average Bonchev–Trinajstić information content (AvgIpc) is 3.09. The number of H-pyrrole nitrogens is 1. The van der Waals surface area contributed by atoms with Crippen LogP contribution in [0.2, 0.25) is 0 Å². The summed E-state index contributed by atoms with van der Waals surface area (Å²) in [6.07, 6.45) is 5.35. The highest BCUT2D eigenvalue weighted by atomic mass is 16.5. The summed E-state index contributed by atoms with van der Waals surface area (Å²) in [4.78, 5) is 11.5. The number of morpholine rings is 1. The largest absolute Gasteiger partial charge is 0.378 e. The van der Waals surface area contributed by atoms with Gasteiger partial charge in [-0.3, -0.25) is 10.1 Å². The van der Waals surface area contributed by atoms with Crippen LogP contribution in [-0.4, -0.2) is 46.5 Å². The number of rotatable bonds is 2. The smallest absolute Gasteiger partial charge is 0.0924 e. The molecule has 2 aromatic heterocycles. The third-order valence-corrected chi connectivity index (χ3v) is 3.70. The molecule has 0 bridgehead atoms. The Bertz CT molecular complexity index is 750. The third-order valence-electron chi connectivity index (χ3n) is 3.70. The molecule has 106 valence electrons. The molecule has 4 rings (SSSR count). The first kappa shape index (κ1) is 12.3. The van der Waals surface area contributed by atoms with E-state index in [2.05, 4.69) is 37.2 Å². The first-order valence-corrected chi connectivity index (χ1v) is 6.99. The van der Waals surface area contributed by atoms with Crippen molar-refractivity contribution >= 4 is 16.7 Å². The Morgan fingerprint density at radius 3 is 2.81 bits per heavy atom. The van der Waals surface area contributed by atoms with Crippen molar-refractivity contribution in [2.24, 2.45) is 0 Å². The molecule has 0 radical (unpaired) electrons. The van der Waals surface area contributed by atoms with Crippen LogP contribution < -0.4 is 4.90 Å². The number of anilines is 1. The molecule has 1 aromatic carbocycles. The highest BCUT2D eigenvalue weighted by Crippen LogP contribution is 2.23. The van der Waals surface area contributed by atoms with Crippen molar-refractivity contribution in [3.05, 3.63) is 36.8 Å². The van der Waals surface area contributed by atoms with Gasteiger partial charge in [0.1, 0.15) is 0 Å². The average molecular weight is 281 g/mol. The highest BCUT2D eigenvalue weighted by molar-refractivity contribution is 5.80. The maximum atomic E-state index is 5.39. The molecule has 0 atom stereocenters. The Morgan fingerprint density at radius 2 is 2.00 bits per heavy atom. The molecule has 0 spiro atoms. The maximum absolute atomic E-state index is 5.39. The van der Waals surface area contributed by atoms with Crippen molar-refractivity contribution < 1.29 is 4.74 Å². The summed E-state index contributed by atoms with van der Waals surface area (Å²) in [6.45, 7) is 3.41. The van der Waals surface area contributed by atoms with E-state index in [1.165, 1.54) is 5.69 Å². The molecule has 6 nitrogen and oxygen atoms in total. The number of nitrogens with one attached hydrogen (secondary N) is 1. The van der Waals surface area contributed by atoms with Gasteiger partial charge in [0, 0.05) is 30.5 Å². The predicted octanol–water partition coefficient (Wildman–Crippen LogP) is 1.86. The minimum absolute atomic E-state index is 0.781. The van der Waals surface area contributed by atoms with Gasteiger partial charge < -0.3 is 9.64 Å². The van der Waals surface area contributed by atoms with Crippen LogP contribution in [0.5, 0.6) is 0 Å². The fraction of sp³-hybridized carbons (Fsp3) is 0.267. The highest BCUT2D eigenvalue weighted by Gasteiger charge is 2.12. The summed E-state index contributed by atoms with van der Waals surface area (Å²) in [6, 6.07) is 6.21. The van der Waals surface area contributed by atoms with Crippen molar-refractivity contribution in [2.75, 3.05) is 31.2 Å². The molecular formula is C15H15N5O. The van der Waals surface area contributed by atoms with E-state index in [-0.39, 0.29) is 0 Å². The zero-order valence-electron chi connectivity index (χ0n) is 11.5. The summed E-state index contributed by atoms with van der Waals surface area (Å²) in [5.74, 6) is 0. The van der Waals surface area contributed by atoms with Gasteiger partial charge in [-0.1, -0.05) is 0 Å². The van der Waals surface area contributed by atoms with Gasteiger partial charge in [-0.2, -0.15) is 5.10 Å². The number of aromatic amines is 1. The van der Waals surface area contributed by atoms with E-state index in [1.807, 2.05) is 12.3 Å². The topological polar surface area (TPSA) is 66.9 Å². The van der Waals surface area contributed by atoms with Gasteiger partial charge in [-0.25, -0.2) is 4.98 Å². The molecule has 6 heteroatoms. The molecule has 0 aliphatic carbocycles. The Hall–Kier alpha value is -2.47. The molecule has 1 saturated heterocycles. The molecule has 1 N–H and O–H groups in total. The lowest BCUT2D eigenvalue weighted by Gasteiger charge is -2.28. The standard InChI is InChI=1S/C15H15N5O/c1-2-13-14(7-12(1)20-3-5-21-6-4-20)16-10-15(19-13)11-8-17-18-9-11/h1-2,7-10H,3-6H2,(H,17,18). The van der Waals surface area contributed by atoms with Gasteiger partial charge in [0.2, 0.25) is 0 Å².